The summed E-state index contributed by atoms with van der Waals surface area (Å²) in [4.78, 5) is 20.1. The van der Waals surface area contributed by atoms with E-state index in [1.807, 2.05) is 0 Å². The monoisotopic (exact) mass is 224 g/mol. The van der Waals surface area contributed by atoms with Gasteiger partial charge < -0.3 is 10.2 Å². The lowest BCUT2D eigenvalue weighted by Gasteiger charge is -2.00. The molecule has 0 aliphatic rings. The molecule has 0 aromatic carbocycles. The van der Waals surface area contributed by atoms with Crippen molar-refractivity contribution < 1.29 is 28.2 Å². The van der Waals surface area contributed by atoms with Gasteiger partial charge in [-0.1, -0.05) is 0 Å². The van der Waals surface area contributed by atoms with Crippen LogP contribution in [0.4, 0.5) is 0 Å². The van der Waals surface area contributed by atoms with Crippen LogP contribution in [0.5, 0.6) is 0 Å². The van der Waals surface area contributed by atoms with Crippen LogP contribution in [0.1, 0.15) is 19.3 Å². The van der Waals surface area contributed by atoms with Gasteiger partial charge in [0.1, 0.15) is 0 Å². The molecule has 0 rings (SSSR count). The fraction of sp³-hybridized carbons (Fsp3) is 0.714. The van der Waals surface area contributed by atoms with E-state index < -0.39 is 33.9 Å². The van der Waals surface area contributed by atoms with Gasteiger partial charge in [-0.2, -0.15) is 0 Å². The number of carboxylic acids is 2. The fourth-order valence-corrected chi connectivity index (χ4v) is 2.06. The highest BCUT2D eigenvalue weighted by Gasteiger charge is 2.13. The van der Waals surface area contributed by atoms with Gasteiger partial charge in [-0.05, 0) is 6.42 Å². The number of carboxylic acid groups (broad SMARTS) is 2. The fourth-order valence-electron chi connectivity index (χ4n) is 0.788. The molecule has 0 saturated carbocycles. The Balaban J connectivity index is 3.84. The summed E-state index contributed by atoms with van der Waals surface area (Å²) in [6, 6.07) is 0. The Kier molecular flexibility index (Phi) is 5.14. The van der Waals surface area contributed by atoms with Crippen LogP contribution < -0.4 is 0 Å². The summed E-state index contributed by atoms with van der Waals surface area (Å²) in [7, 11) is -3.42. The van der Waals surface area contributed by atoms with Crippen LogP contribution in [0.3, 0.4) is 0 Å². The van der Waals surface area contributed by atoms with Gasteiger partial charge in [0, 0.05) is 6.42 Å². The predicted molar refractivity (Wildman–Crippen MR) is 47.8 cm³/mol. The molecule has 0 aromatic rings. The van der Waals surface area contributed by atoms with Gasteiger partial charge in [-0.25, -0.2) is 8.42 Å². The third-order valence-electron chi connectivity index (χ3n) is 1.47. The molecule has 7 heteroatoms. The van der Waals surface area contributed by atoms with Crippen molar-refractivity contribution in [2.24, 2.45) is 0 Å². The van der Waals surface area contributed by atoms with E-state index >= 15 is 0 Å². The number of carbonyl (C=O) groups is 2. The molecule has 6 nitrogen and oxygen atoms in total. The summed E-state index contributed by atoms with van der Waals surface area (Å²) in [5.41, 5.74) is 0. The lowest BCUT2D eigenvalue weighted by Crippen LogP contribution is -2.15. The third kappa shape index (κ3) is 7.53. The molecule has 82 valence electrons. The van der Waals surface area contributed by atoms with Gasteiger partial charge in [0.15, 0.2) is 9.84 Å². The van der Waals surface area contributed by atoms with Gasteiger partial charge in [-0.3, -0.25) is 9.59 Å². The van der Waals surface area contributed by atoms with E-state index in [-0.39, 0.29) is 18.6 Å². The van der Waals surface area contributed by atoms with Gasteiger partial charge in [0.05, 0.1) is 17.9 Å². The maximum atomic E-state index is 11.1. The first-order valence-corrected chi connectivity index (χ1v) is 5.79. The quantitative estimate of drug-likeness (QED) is 0.616. The zero-order valence-corrected chi connectivity index (χ0v) is 8.29. The van der Waals surface area contributed by atoms with E-state index in [1.54, 1.807) is 0 Å². The van der Waals surface area contributed by atoms with Gasteiger partial charge in [0.25, 0.3) is 0 Å². The molecule has 0 spiro atoms. The van der Waals surface area contributed by atoms with Crippen LogP contribution in [0.25, 0.3) is 0 Å². The van der Waals surface area contributed by atoms with Crippen LogP contribution in [-0.2, 0) is 19.4 Å². The third-order valence-corrected chi connectivity index (χ3v) is 3.21. The molecule has 0 fully saturated rings. The van der Waals surface area contributed by atoms with Crippen LogP contribution in [-0.4, -0.2) is 42.1 Å². The second-order valence-corrected chi connectivity index (χ2v) is 5.10. The number of sulfone groups is 1. The highest BCUT2D eigenvalue weighted by Crippen LogP contribution is 1.99. The summed E-state index contributed by atoms with van der Waals surface area (Å²) >= 11 is 0. The Morgan fingerprint density at radius 3 is 1.86 bits per heavy atom. The van der Waals surface area contributed by atoms with Crippen molar-refractivity contribution in [3.63, 3.8) is 0 Å². The van der Waals surface area contributed by atoms with E-state index in [0.29, 0.717) is 0 Å². The number of aliphatic carboxylic acids is 2. The number of rotatable bonds is 7. The van der Waals surface area contributed by atoms with E-state index in [2.05, 4.69) is 0 Å². The molecule has 0 aliphatic carbocycles. The van der Waals surface area contributed by atoms with E-state index in [1.165, 1.54) is 0 Å². The van der Waals surface area contributed by atoms with Gasteiger partial charge >= 0.3 is 11.9 Å². The molecule has 0 amide bonds. The summed E-state index contributed by atoms with van der Waals surface area (Å²) < 4.78 is 22.1. The van der Waals surface area contributed by atoms with E-state index in [4.69, 9.17) is 10.2 Å². The Bertz CT molecular complexity index is 304. The second kappa shape index (κ2) is 5.58. The van der Waals surface area contributed by atoms with Crippen molar-refractivity contribution in [1.29, 1.82) is 0 Å². The van der Waals surface area contributed by atoms with Crippen molar-refractivity contribution in [2.75, 3.05) is 11.5 Å². The van der Waals surface area contributed by atoms with E-state index in [0.717, 1.165) is 0 Å². The average Bonchev–Trinajstić information content (AvgIpc) is 2.00. The molecular weight excluding hydrogens is 212 g/mol. The average molecular weight is 224 g/mol. The Hall–Kier alpha value is -1.11. The SMILES string of the molecule is O=C(O)CCCS(=O)(=O)CCC(=O)O. The standard InChI is InChI=1S/C7H12O6S/c8-6(9)2-1-4-14(12,13)5-3-7(10)11/h1-5H2,(H,8,9)(H,10,11). The summed E-state index contributed by atoms with van der Waals surface area (Å²) in [5, 5.41) is 16.5. The van der Waals surface area contributed by atoms with Crippen LogP contribution >= 0.6 is 0 Å². The van der Waals surface area contributed by atoms with Crippen molar-refractivity contribution in [2.45, 2.75) is 19.3 Å². The summed E-state index contributed by atoms with van der Waals surface area (Å²) in [6.07, 6.45) is -0.626. The van der Waals surface area contributed by atoms with Gasteiger partial charge in [0.2, 0.25) is 0 Å². The van der Waals surface area contributed by atoms with E-state index in [9.17, 15) is 18.0 Å². The number of hydrogen-bond acceptors (Lipinski definition) is 4. The molecule has 0 atom stereocenters. The molecule has 0 heterocycles. The minimum absolute atomic E-state index is 0.0251. The van der Waals surface area contributed by atoms with Crippen molar-refractivity contribution in [1.82, 2.24) is 0 Å². The molecule has 0 saturated heterocycles. The lowest BCUT2D eigenvalue weighted by molar-refractivity contribution is -0.137. The molecule has 2 N–H and O–H groups in total. The van der Waals surface area contributed by atoms with Crippen molar-refractivity contribution >= 4 is 21.8 Å². The maximum Gasteiger partial charge on any atom is 0.304 e. The molecular formula is C7H12O6S. The summed E-state index contributed by atoms with van der Waals surface area (Å²) in [5.74, 6) is -2.93. The molecule has 0 aromatic heterocycles. The molecule has 0 unspecified atom stereocenters. The largest absolute Gasteiger partial charge is 0.481 e. The molecule has 0 radical (unpaired) electrons. The molecule has 0 bridgehead atoms. The van der Waals surface area contributed by atoms with Crippen LogP contribution in [0, 0.1) is 0 Å². The summed E-state index contributed by atoms with van der Waals surface area (Å²) in [6.45, 7) is 0. The lowest BCUT2D eigenvalue weighted by atomic mass is 10.3. The minimum atomic E-state index is -3.42. The number of hydrogen-bond donors (Lipinski definition) is 2. The topological polar surface area (TPSA) is 109 Å². The van der Waals surface area contributed by atoms with Gasteiger partial charge in [-0.15, -0.1) is 0 Å². The minimum Gasteiger partial charge on any atom is -0.481 e. The smallest absolute Gasteiger partial charge is 0.304 e. The Labute approximate surface area is 81.5 Å². The first-order chi connectivity index (χ1) is 6.33. The molecule has 0 aliphatic heterocycles. The zero-order valence-electron chi connectivity index (χ0n) is 7.47. The van der Waals surface area contributed by atoms with Crippen molar-refractivity contribution in [3.05, 3.63) is 0 Å². The maximum absolute atomic E-state index is 11.1. The second-order valence-electron chi connectivity index (χ2n) is 2.79. The Morgan fingerprint density at radius 1 is 0.929 bits per heavy atom. The highest BCUT2D eigenvalue weighted by molar-refractivity contribution is 7.91. The zero-order chi connectivity index (χ0) is 11.2. The Morgan fingerprint density at radius 2 is 1.43 bits per heavy atom. The normalized spacial score (nSPS) is 11.1. The first-order valence-electron chi connectivity index (χ1n) is 3.97. The first kappa shape index (κ1) is 12.9. The molecule has 14 heavy (non-hydrogen) atoms. The van der Waals surface area contributed by atoms with Crippen LogP contribution in [0.15, 0.2) is 0 Å². The van der Waals surface area contributed by atoms with Crippen molar-refractivity contribution in [3.8, 4) is 0 Å². The highest BCUT2D eigenvalue weighted by atomic mass is 32.2. The van der Waals surface area contributed by atoms with Crippen LogP contribution in [0.2, 0.25) is 0 Å². The predicted octanol–water partition coefficient (Wildman–Crippen LogP) is -0.259.